The Balaban J connectivity index is 1.66. The number of hydrazone groups is 1. The minimum absolute atomic E-state index is 0.280. The fourth-order valence-corrected chi connectivity index (χ4v) is 4.23. The number of nitrogens with one attached hydrogen (secondary N) is 1. The van der Waals surface area contributed by atoms with Crippen LogP contribution in [-0.4, -0.2) is 17.1 Å². The highest BCUT2D eigenvalue weighted by Crippen LogP contribution is 2.35. The molecular formula is C20H13Br2Cl2N3O2. The van der Waals surface area contributed by atoms with E-state index in [2.05, 4.69) is 47.4 Å². The fraction of sp³-hybridized carbons (Fsp3) is 0.0500. The highest BCUT2D eigenvalue weighted by molar-refractivity contribution is 9.11. The zero-order chi connectivity index (χ0) is 20.8. The van der Waals surface area contributed by atoms with Gasteiger partial charge in [0.15, 0.2) is 0 Å². The second-order valence-corrected chi connectivity index (χ2v) is 8.33. The zero-order valence-electron chi connectivity index (χ0n) is 14.7. The van der Waals surface area contributed by atoms with Gasteiger partial charge < -0.3 is 4.74 Å². The first-order chi connectivity index (χ1) is 13.9. The van der Waals surface area contributed by atoms with Crippen LogP contribution in [0.2, 0.25) is 10.0 Å². The molecule has 29 heavy (non-hydrogen) atoms. The lowest BCUT2D eigenvalue weighted by Crippen LogP contribution is -2.17. The summed E-state index contributed by atoms with van der Waals surface area (Å²) in [7, 11) is 0. The zero-order valence-corrected chi connectivity index (χ0v) is 19.4. The first-order valence-electron chi connectivity index (χ1n) is 8.23. The number of amides is 1. The number of rotatable bonds is 6. The van der Waals surface area contributed by atoms with Crippen molar-refractivity contribution in [2.75, 3.05) is 0 Å². The lowest BCUT2D eigenvalue weighted by Gasteiger charge is -2.12. The van der Waals surface area contributed by atoms with E-state index in [4.69, 9.17) is 27.9 Å². The summed E-state index contributed by atoms with van der Waals surface area (Å²) >= 11 is 19.1. The molecule has 3 aromatic rings. The number of benzene rings is 2. The number of hydrogen-bond donors (Lipinski definition) is 1. The molecule has 148 valence electrons. The molecule has 0 radical (unpaired) electrons. The third-order valence-corrected chi connectivity index (χ3v) is 5.49. The van der Waals surface area contributed by atoms with Crippen LogP contribution in [-0.2, 0) is 6.61 Å². The van der Waals surface area contributed by atoms with Crippen LogP contribution >= 0.6 is 55.1 Å². The molecule has 0 fully saturated rings. The molecule has 0 saturated carbocycles. The van der Waals surface area contributed by atoms with E-state index >= 15 is 0 Å². The average Bonchev–Trinajstić information content (AvgIpc) is 2.69. The summed E-state index contributed by atoms with van der Waals surface area (Å²) in [5.41, 5.74) is 4.53. The molecule has 0 unspecified atom stereocenters. The van der Waals surface area contributed by atoms with Crippen LogP contribution in [0.5, 0.6) is 5.75 Å². The molecule has 0 bridgehead atoms. The van der Waals surface area contributed by atoms with Gasteiger partial charge in [-0.1, -0.05) is 29.3 Å². The van der Waals surface area contributed by atoms with Crippen molar-refractivity contribution in [1.82, 2.24) is 10.4 Å². The van der Waals surface area contributed by atoms with Gasteiger partial charge in [0.1, 0.15) is 12.4 Å². The third kappa shape index (κ3) is 6.02. The molecule has 5 nitrogen and oxygen atoms in total. The van der Waals surface area contributed by atoms with Crippen LogP contribution in [0.1, 0.15) is 21.5 Å². The maximum absolute atomic E-state index is 12.0. The summed E-state index contributed by atoms with van der Waals surface area (Å²) in [5, 5.41) is 5.10. The molecule has 0 spiro atoms. The van der Waals surface area contributed by atoms with E-state index in [1.54, 1.807) is 36.7 Å². The van der Waals surface area contributed by atoms with E-state index in [-0.39, 0.29) is 12.5 Å². The minimum Gasteiger partial charge on any atom is -0.486 e. The van der Waals surface area contributed by atoms with E-state index < -0.39 is 0 Å². The Morgan fingerprint density at radius 1 is 1.10 bits per heavy atom. The second kappa shape index (κ2) is 10.2. The highest BCUT2D eigenvalue weighted by Gasteiger charge is 2.10. The van der Waals surface area contributed by atoms with Gasteiger partial charge in [-0.2, -0.15) is 5.10 Å². The molecular weight excluding hydrogens is 545 g/mol. The third-order valence-electron chi connectivity index (χ3n) is 3.73. The Hall–Kier alpha value is -1.93. The largest absolute Gasteiger partial charge is 0.486 e. The van der Waals surface area contributed by atoms with Gasteiger partial charge in [-0.25, -0.2) is 5.43 Å². The predicted molar refractivity (Wildman–Crippen MR) is 122 cm³/mol. The standard InChI is InChI=1S/C20H13Br2Cl2N3O2/c21-16-7-12(10-26-27-20(28)13-3-5-25-6-4-13)8-17(22)19(16)29-11-14-1-2-15(23)9-18(14)24/h1-10H,11H2,(H,27,28)/b26-10+. The van der Waals surface area contributed by atoms with Gasteiger partial charge in [-0.3, -0.25) is 9.78 Å². The SMILES string of the molecule is O=C(N/N=C/c1cc(Br)c(OCc2ccc(Cl)cc2Cl)c(Br)c1)c1ccncc1. The van der Waals surface area contributed by atoms with Crippen LogP contribution in [0.25, 0.3) is 0 Å². The Morgan fingerprint density at radius 3 is 2.45 bits per heavy atom. The maximum Gasteiger partial charge on any atom is 0.271 e. The monoisotopic (exact) mass is 555 g/mol. The van der Waals surface area contributed by atoms with Gasteiger partial charge in [-0.15, -0.1) is 0 Å². The first-order valence-corrected chi connectivity index (χ1v) is 10.6. The number of nitrogens with zero attached hydrogens (tertiary/aromatic N) is 2. The lowest BCUT2D eigenvalue weighted by molar-refractivity contribution is 0.0955. The summed E-state index contributed by atoms with van der Waals surface area (Å²) in [4.78, 5) is 15.9. The predicted octanol–water partition coefficient (Wildman–Crippen LogP) is 6.26. The van der Waals surface area contributed by atoms with Gasteiger partial charge in [0.05, 0.1) is 15.2 Å². The molecule has 1 amide bonds. The van der Waals surface area contributed by atoms with Crippen molar-refractivity contribution in [3.63, 3.8) is 0 Å². The Bertz CT molecular complexity index is 1040. The summed E-state index contributed by atoms with van der Waals surface area (Å²) in [6.07, 6.45) is 4.63. The van der Waals surface area contributed by atoms with E-state index in [0.717, 1.165) is 20.1 Å². The number of aromatic nitrogens is 1. The topological polar surface area (TPSA) is 63.6 Å². The van der Waals surface area contributed by atoms with Crippen LogP contribution in [0.3, 0.4) is 0 Å². The van der Waals surface area contributed by atoms with Crippen LogP contribution < -0.4 is 10.2 Å². The van der Waals surface area contributed by atoms with Crippen LogP contribution in [0.15, 0.2) is 68.9 Å². The van der Waals surface area contributed by atoms with E-state index in [0.29, 0.717) is 21.4 Å². The number of ether oxygens (including phenoxy) is 1. The number of hydrogen-bond acceptors (Lipinski definition) is 4. The quantitative estimate of drug-likeness (QED) is 0.287. The van der Waals surface area contributed by atoms with Crippen LogP contribution in [0.4, 0.5) is 0 Å². The second-order valence-electron chi connectivity index (χ2n) is 5.77. The molecule has 9 heteroatoms. The minimum atomic E-state index is -0.318. The molecule has 0 aliphatic rings. The van der Waals surface area contributed by atoms with Crippen LogP contribution in [0, 0.1) is 0 Å². The van der Waals surface area contributed by atoms with Crippen molar-refractivity contribution in [1.29, 1.82) is 0 Å². The van der Waals surface area contributed by atoms with Crippen molar-refractivity contribution < 1.29 is 9.53 Å². The molecule has 0 atom stereocenters. The number of halogens is 4. The van der Waals surface area contributed by atoms with Gasteiger partial charge in [0.2, 0.25) is 0 Å². The van der Waals surface area contributed by atoms with E-state index in [9.17, 15) is 4.79 Å². The lowest BCUT2D eigenvalue weighted by atomic mass is 10.2. The van der Waals surface area contributed by atoms with Gasteiger partial charge >= 0.3 is 0 Å². The summed E-state index contributed by atoms with van der Waals surface area (Å²) < 4.78 is 7.33. The molecule has 1 aromatic heterocycles. The molecule has 0 aliphatic carbocycles. The molecule has 0 aliphatic heterocycles. The normalized spacial score (nSPS) is 10.9. The van der Waals surface area contributed by atoms with Crippen molar-refractivity contribution in [3.05, 3.63) is 90.5 Å². The summed E-state index contributed by atoms with van der Waals surface area (Å²) in [5.74, 6) is 0.301. The fourth-order valence-electron chi connectivity index (χ4n) is 2.31. The average molecular weight is 558 g/mol. The van der Waals surface area contributed by atoms with Crippen molar-refractivity contribution in [3.8, 4) is 5.75 Å². The number of carbonyl (C=O) groups is 1. The summed E-state index contributed by atoms with van der Waals surface area (Å²) in [6, 6.07) is 12.1. The molecule has 0 saturated heterocycles. The van der Waals surface area contributed by atoms with Crippen molar-refractivity contribution in [2.24, 2.45) is 5.10 Å². The Kier molecular flexibility index (Phi) is 7.66. The van der Waals surface area contributed by atoms with Gasteiger partial charge in [0, 0.05) is 33.6 Å². The molecule has 1 N–H and O–H groups in total. The molecule has 3 rings (SSSR count). The van der Waals surface area contributed by atoms with Gasteiger partial charge in [-0.05, 0) is 73.8 Å². The van der Waals surface area contributed by atoms with Gasteiger partial charge in [0.25, 0.3) is 5.91 Å². The van der Waals surface area contributed by atoms with Crippen molar-refractivity contribution in [2.45, 2.75) is 6.61 Å². The number of carbonyl (C=O) groups excluding carboxylic acids is 1. The highest BCUT2D eigenvalue weighted by atomic mass is 79.9. The molecule has 1 heterocycles. The van der Waals surface area contributed by atoms with Crippen molar-refractivity contribution >= 4 is 67.2 Å². The number of pyridine rings is 1. The Labute approximate surface area is 194 Å². The molecule has 2 aromatic carbocycles. The van der Waals surface area contributed by atoms with E-state index in [1.807, 2.05) is 18.2 Å². The smallest absolute Gasteiger partial charge is 0.271 e. The van der Waals surface area contributed by atoms with E-state index in [1.165, 1.54) is 6.21 Å². The first kappa shape index (κ1) is 21.8. The Morgan fingerprint density at radius 2 is 1.79 bits per heavy atom. The maximum atomic E-state index is 12.0. The summed E-state index contributed by atoms with van der Waals surface area (Å²) in [6.45, 7) is 0.280.